The largest absolute Gasteiger partial charge is 0.262 e. The molecule has 2 aliphatic rings. The summed E-state index contributed by atoms with van der Waals surface area (Å²) < 4.78 is 0. The van der Waals surface area contributed by atoms with Gasteiger partial charge in [-0.15, -0.1) is 0 Å². The summed E-state index contributed by atoms with van der Waals surface area (Å²) in [5, 5.41) is 5.07. The van der Waals surface area contributed by atoms with E-state index in [9.17, 15) is 0 Å². The highest BCUT2D eigenvalue weighted by Crippen LogP contribution is 2.61. The molecule has 2 aliphatic heterocycles. The van der Waals surface area contributed by atoms with Crippen LogP contribution in [-0.2, 0) is 0 Å². The molecule has 4 unspecified atom stereocenters. The van der Waals surface area contributed by atoms with Gasteiger partial charge < -0.3 is 0 Å². The average Bonchev–Trinajstić information content (AvgIpc) is 3.34. The number of fused-ring (bicyclic) bond motifs is 1. The lowest BCUT2D eigenvalue weighted by Gasteiger charge is -2.32. The second-order valence-corrected chi connectivity index (χ2v) is 6.94. The first-order chi connectivity index (χ1) is 12.9. The van der Waals surface area contributed by atoms with Crippen LogP contribution in [0.3, 0.4) is 0 Å². The molecule has 3 nitrogen and oxygen atoms in total. The molecule has 0 N–H and O–H groups in total. The van der Waals surface area contributed by atoms with E-state index in [1.807, 2.05) is 0 Å². The molecule has 2 heterocycles. The number of hydrogen-bond acceptors (Lipinski definition) is 3. The predicted octanol–water partition coefficient (Wildman–Crippen LogP) is 4.95. The minimum absolute atomic E-state index is 0.275. The average molecular weight is 341 g/mol. The van der Waals surface area contributed by atoms with Gasteiger partial charge in [-0.2, -0.15) is 10.0 Å². The summed E-state index contributed by atoms with van der Waals surface area (Å²) in [6.07, 6.45) is 0.891. The fourth-order valence-electron chi connectivity index (χ4n) is 4.37. The van der Waals surface area contributed by atoms with E-state index in [-0.39, 0.29) is 12.3 Å². The van der Waals surface area contributed by atoms with E-state index in [1.54, 1.807) is 0 Å². The molecule has 3 heteroatoms. The maximum atomic E-state index is 2.59. The van der Waals surface area contributed by atoms with Gasteiger partial charge in [0.05, 0.1) is 0 Å². The third-order valence-corrected chi connectivity index (χ3v) is 5.50. The van der Waals surface area contributed by atoms with Crippen molar-refractivity contribution >= 4 is 0 Å². The molecular weight excluding hydrogens is 318 g/mol. The Morgan fingerprint density at radius 2 is 0.885 bits per heavy atom. The number of rotatable bonds is 4. The SMILES string of the molecule is CCN1C(c2ccccc2)N2C(c3ccccc3)N2C1c1ccccc1. The smallest absolute Gasteiger partial charge is 0.119 e. The Morgan fingerprint density at radius 3 is 1.23 bits per heavy atom. The molecule has 3 aromatic carbocycles. The highest BCUT2D eigenvalue weighted by Gasteiger charge is 2.63. The molecule has 130 valence electrons. The van der Waals surface area contributed by atoms with Crippen LogP contribution in [0.1, 0.15) is 42.1 Å². The zero-order valence-electron chi connectivity index (χ0n) is 14.9. The monoisotopic (exact) mass is 341 g/mol. The van der Waals surface area contributed by atoms with Crippen molar-refractivity contribution in [2.75, 3.05) is 6.54 Å². The van der Waals surface area contributed by atoms with Gasteiger partial charge in [0.1, 0.15) is 18.5 Å². The fourth-order valence-corrected chi connectivity index (χ4v) is 4.37. The highest BCUT2D eigenvalue weighted by molar-refractivity contribution is 5.31. The standard InChI is InChI=1S/C23H23N3/c1-2-24-21(18-12-6-3-7-13-18)25-23(20-16-10-5-11-17-20)26(25)22(24)19-14-8-4-9-15-19/h3-17,21-23H,2H2,1H3. The number of hydrazine groups is 1. The van der Waals surface area contributed by atoms with Gasteiger partial charge in [0.2, 0.25) is 0 Å². The summed E-state index contributed by atoms with van der Waals surface area (Å²) in [7, 11) is 0. The predicted molar refractivity (Wildman–Crippen MR) is 104 cm³/mol. The van der Waals surface area contributed by atoms with Crippen LogP contribution in [0, 0.1) is 0 Å². The van der Waals surface area contributed by atoms with Crippen molar-refractivity contribution in [3.8, 4) is 0 Å². The van der Waals surface area contributed by atoms with Crippen LogP contribution in [-0.4, -0.2) is 21.5 Å². The van der Waals surface area contributed by atoms with Crippen molar-refractivity contribution in [3.05, 3.63) is 108 Å². The second kappa shape index (κ2) is 6.36. The van der Waals surface area contributed by atoms with Crippen LogP contribution in [0.5, 0.6) is 0 Å². The van der Waals surface area contributed by atoms with Gasteiger partial charge in [0, 0.05) is 0 Å². The minimum Gasteiger partial charge on any atom is -0.262 e. The van der Waals surface area contributed by atoms with Gasteiger partial charge in [0.25, 0.3) is 0 Å². The molecule has 3 aromatic rings. The number of benzene rings is 3. The Kier molecular flexibility index (Phi) is 3.86. The molecule has 0 spiro atoms. The Labute approximate surface area is 155 Å². The van der Waals surface area contributed by atoms with Crippen molar-refractivity contribution in [2.45, 2.75) is 25.4 Å². The molecule has 0 bridgehead atoms. The lowest BCUT2D eigenvalue weighted by Crippen LogP contribution is -2.33. The van der Waals surface area contributed by atoms with E-state index in [0.29, 0.717) is 6.17 Å². The zero-order chi connectivity index (χ0) is 17.5. The summed E-state index contributed by atoms with van der Waals surface area (Å²) >= 11 is 0. The van der Waals surface area contributed by atoms with E-state index >= 15 is 0 Å². The molecular formula is C23H23N3. The first kappa shape index (κ1) is 15.8. The van der Waals surface area contributed by atoms with Crippen molar-refractivity contribution in [1.29, 1.82) is 0 Å². The maximum Gasteiger partial charge on any atom is 0.119 e. The van der Waals surface area contributed by atoms with Gasteiger partial charge in [-0.3, -0.25) is 4.90 Å². The molecule has 0 aliphatic carbocycles. The van der Waals surface area contributed by atoms with Gasteiger partial charge in [0.15, 0.2) is 0 Å². The summed E-state index contributed by atoms with van der Waals surface area (Å²) in [6, 6.07) is 32.6. The van der Waals surface area contributed by atoms with E-state index < -0.39 is 0 Å². The first-order valence-electron chi connectivity index (χ1n) is 9.37. The normalized spacial score (nSPS) is 30.1. The van der Waals surface area contributed by atoms with Crippen LogP contribution < -0.4 is 0 Å². The van der Waals surface area contributed by atoms with Gasteiger partial charge in [-0.05, 0) is 23.2 Å². The Morgan fingerprint density at radius 1 is 0.538 bits per heavy atom. The Bertz CT molecular complexity index is 812. The van der Waals surface area contributed by atoms with Crippen molar-refractivity contribution in [2.24, 2.45) is 0 Å². The summed E-state index contributed by atoms with van der Waals surface area (Å²) in [4.78, 5) is 2.59. The van der Waals surface area contributed by atoms with Crippen molar-refractivity contribution < 1.29 is 0 Å². The molecule has 26 heavy (non-hydrogen) atoms. The molecule has 5 rings (SSSR count). The van der Waals surface area contributed by atoms with Crippen molar-refractivity contribution in [1.82, 2.24) is 14.9 Å². The minimum atomic E-state index is 0.275. The van der Waals surface area contributed by atoms with Crippen LogP contribution in [0.25, 0.3) is 0 Å². The van der Waals surface area contributed by atoms with E-state index in [2.05, 4.69) is 113 Å². The summed E-state index contributed by atoms with van der Waals surface area (Å²) in [5.74, 6) is 0. The number of hydrogen-bond donors (Lipinski definition) is 0. The molecule has 0 amide bonds. The van der Waals surface area contributed by atoms with Gasteiger partial charge in [-0.1, -0.05) is 97.9 Å². The van der Waals surface area contributed by atoms with Crippen LogP contribution in [0.2, 0.25) is 0 Å². The Hall–Kier alpha value is -2.46. The van der Waals surface area contributed by atoms with E-state index in [4.69, 9.17) is 0 Å². The summed E-state index contributed by atoms with van der Waals surface area (Å²) in [5.41, 5.74) is 4.08. The van der Waals surface area contributed by atoms with Crippen LogP contribution in [0.15, 0.2) is 91.0 Å². The lowest BCUT2D eigenvalue weighted by atomic mass is 10.1. The quantitative estimate of drug-likeness (QED) is 0.621. The number of nitrogens with zero attached hydrogens (tertiary/aromatic N) is 3. The third-order valence-electron chi connectivity index (χ3n) is 5.50. The van der Waals surface area contributed by atoms with Crippen molar-refractivity contribution in [3.63, 3.8) is 0 Å². The van der Waals surface area contributed by atoms with E-state index in [0.717, 1.165) is 6.54 Å². The van der Waals surface area contributed by atoms with Gasteiger partial charge >= 0.3 is 0 Å². The van der Waals surface area contributed by atoms with E-state index in [1.165, 1.54) is 16.7 Å². The fraction of sp³-hybridized carbons (Fsp3) is 0.217. The highest BCUT2D eigenvalue weighted by atomic mass is 16.0. The third kappa shape index (κ3) is 2.40. The van der Waals surface area contributed by atoms with Crippen LogP contribution in [0.4, 0.5) is 0 Å². The topological polar surface area (TPSA) is 9.26 Å². The lowest BCUT2D eigenvalue weighted by molar-refractivity contribution is 0.115. The second-order valence-electron chi connectivity index (χ2n) is 6.94. The van der Waals surface area contributed by atoms with Crippen LogP contribution >= 0.6 is 0 Å². The van der Waals surface area contributed by atoms with Gasteiger partial charge in [-0.25, -0.2) is 0 Å². The molecule has 2 saturated heterocycles. The summed E-state index contributed by atoms with van der Waals surface area (Å²) in [6.45, 7) is 3.27. The molecule has 4 atom stereocenters. The maximum absolute atomic E-state index is 2.59. The zero-order valence-corrected chi connectivity index (χ0v) is 14.9. The molecule has 0 aromatic heterocycles. The molecule has 2 fully saturated rings. The molecule has 0 radical (unpaired) electrons. The Balaban J connectivity index is 1.59. The molecule has 0 saturated carbocycles. The first-order valence-corrected chi connectivity index (χ1v) is 9.37.